The quantitative estimate of drug-likeness (QED) is 0.590. The van der Waals surface area contributed by atoms with E-state index in [0.29, 0.717) is 17.8 Å². The highest BCUT2D eigenvalue weighted by atomic mass is 16.3. The molecule has 0 aliphatic heterocycles. The Balaban J connectivity index is 1.71. The van der Waals surface area contributed by atoms with Gasteiger partial charge in [-0.15, -0.1) is 0 Å². The fourth-order valence-electron chi connectivity index (χ4n) is 7.72. The molecule has 9 atom stereocenters. The van der Waals surface area contributed by atoms with Crippen LogP contribution in [0, 0.1) is 34.5 Å². The van der Waals surface area contributed by atoms with Gasteiger partial charge in [-0.3, -0.25) is 0 Å². The third kappa shape index (κ3) is 1.94. The van der Waals surface area contributed by atoms with Crippen molar-refractivity contribution >= 4 is 0 Å². The summed E-state index contributed by atoms with van der Waals surface area (Å²) in [5, 5.41) is 31.1. The fraction of sp³-hybridized carbons (Fsp3) is 1.00. The predicted octanol–water partition coefficient (Wildman–Crippen LogP) is 2.05. The topological polar surface area (TPSA) is 86.7 Å². The Morgan fingerprint density at radius 2 is 1.71 bits per heavy atom. The van der Waals surface area contributed by atoms with Crippen molar-refractivity contribution in [2.45, 2.75) is 83.0 Å². The minimum Gasteiger partial charge on any atom is -0.396 e. The van der Waals surface area contributed by atoms with Gasteiger partial charge in [0.15, 0.2) is 0 Å². The van der Waals surface area contributed by atoms with E-state index in [1.54, 1.807) is 0 Å². The molecule has 0 unspecified atom stereocenters. The molecule has 4 saturated carbocycles. The van der Waals surface area contributed by atoms with Gasteiger partial charge < -0.3 is 21.1 Å². The third-order valence-electron chi connectivity index (χ3n) is 9.47. The first kappa shape index (κ1) is 17.3. The van der Waals surface area contributed by atoms with Gasteiger partial charge in [-0.2, -0.15) is 0 Å². The Hall–Kier alpha value is -0.160. The fourth-order valence-corrected chi connectivity index (χ4v) is 7.72. The lowest BCUT2D eigenvalue weighted by Crippen LogP contribution is -2.70. The Kier molecular flexibility index (Phi) is 3.90. The standard InChI is InChI=1S/C20H35NO3/c1-18-7-6-14(23)9-12(18)3-4-15-16(18)10-17(24)19(2)13(11-22)5-8-20(15,19)21/h12-17,22-24H,3-11,21H2,1-2H3/t12-,13-,14+,15-,16+,17-,18+,19+,20+/m1/s1. The molecule has 0 amide bonds. The van der Waals surface area contributed by atoms with Crippen molar-refractivity contribution in [1.82, 2.24) is 0 Å². The van der Waals surface area contributed by atoms with E-state index >= 15 is 0 Å². The third-order valence-corrected chi connectivity index (χ3v) is 9.47. The monoisotopic (exact) mass is 337 g/mol. The highest BCUT2D eigenvalue weighted by molar-refractivity contribution is 5.21. The molecule has 4 nitrogen and oxygen atoms in total. The summed E-state index contributed by atoms with van der Waals surface area (Å²) in [5.41, 5.74) is 6.58. The van der Waals surface area contributed by atoms with Crippen molar-refractivity contribution in [1.29, 1.82) is 0 Å². The van der Waals surface area contributed by atoms with Gasteiger partial charge in [0.2, 0.25) is 0 Å². The van der Waals surface area contributed by atoms with Crippen molar-refractivity contribution in [2.24, 2.45) is 40.2 Å². The van der Waals surface area contributed by atoms with E-state index in [9.17, 15) is 15.3 Å². The van der Waals surface area contributed by atoms with Crippen molar-refractivity contribution in [3.63, 3.8) is 0 Å². The van der Waals surface area contributed by atoms with Gasteiger partial charge in [-0.1, -0.05) is 13.8 Å². The SMILES string of the molecule is C[C@]12CC[C@H](O)C[C@H]1CC[C@@H]1[C@@H]2C[C@@H](O)[C@]2(C)[C@@H](CO)CC[C@]12N. The molecule has 4 aliphatic rings. The smallest absolute Gasteiger partial charge is 0.0617 e. The largest absolute Gasteiger partial charge is 0.396 e. The summed E-state index contributed by atoms with van der Waals surface area (Å²) in [6, 6.07) is 0. The Morgan fingerprint density at radius 1 is 0.958 bits per heavy atom. The molecule has 0 heterocycles. The molecule has 0 aromatic carbocycles. The van der Waals surface area contributed by atoms with E-state index in [2.05, 4.69) is 13.8 Å². The van der Waals surface area contributed by atoms with Crippen molar-refractivity contribution < 1.29 is 15.3 Å². The maximum atomic E-state index is 11.2. The van der Waals surface area contributed by atoms with Gasteiger partial charge in [0.1, 0.15) is 0 Å². The van der Waals surface area contributed by atoms with Gasteiger partial charge in [-0.25, -0.2) is 0 Å². The second kappa shape index (κ2) is 5.42. The van der Waals surface area contributed by atoms with E-state index < -0.39 is 6.10 Å². The molecule has 0 saturated heterocycles. The Morgan fingerprint density at radius 3 is 2.42 bits per heavy atom. The van der Waals surface area contributed by atoms with E-state index in [1.807, 2.05) is 0 Å². The number of hydrogen-bond donors (Lipinski definition) is 4. The molecular weight excluding hydrogens is 302 g/mol. The first-order chi connectivity index (χ1) is 11.3. The average Bonchev–Trinajstić information content (AvgIpc) is 2.82. The van der Waals surface area contributed by atoms with E-state index in [4.69, 9.17) is 5.73 Å². The summed E-state index contributed by atoms with van der Waals surface area (Å²) in [6.45, 7) is 4.67. The van der Waals surface area contributed by atoms with Crippen molar-refractivity contribution in [3.05, 3.63) is 0 Å². The van der Waals surface area contributed by atoms with Crippen LogP contribution >= 0.6 is 0 Å². The zero-order valence-corrected chi connectivity index (χ0v) is 15.2. The minimum absolute atomic E-state index is 0.122. The molecule has 4 rings (SSSR count). The average molecular weight is 338 g/mol. The van der Waals surface area contributed by atoms with Crippen LogP contribution in [-0.2, 0) is 0 Å². The van der Waals surface area contributed by atoms with Crippen LogP contribution in [0.3, 0.4) is 0 Å². The number of aliphatic hydroxyl groups excluding tert-OH is 3. The first-order valence-corrected chi connectivity index (χ1v) is 10.0. The molecular formula is C20H35NO3. The predicted molar refractivity (Wildman–Crippen MR) is 93.1 cm³/mol. The minimum atomic E-state index is -0.425. The maximum absolute atomic E-state index is 11.2. The summed E-state index contributed by atoms with van der Waals surface area (Å²) < 4.78 is 0. The second-order valence-electron chi connectivity index (χ2n) is 9.91. The molecule has 0 spiro atoms. The molecule has 0 radical (unpaired) electrons. The number of rotatable bonds is 1. The molecule has 0 bridgehead atoms. The van der Waals surface area contributed by atoms with Crippen molar-refractivity contribution in [2.75, 3.05) is 6.61 Å². The van der Waals surface area contributed by atoms with Crippen LogP contribution in [0.25, 0.3) is 0 Å². The lowest BCUT2D eigenvalue weighted by atomic mass is 9.42. The van der Waals surface area contributed by atoms with E-state index in [-0.39, 0.29) is 35.0 Å². The summed E-state index contributed by atoms with van der Waals surface area (Å²) >= 11 is 0. The highest BCUT2D eigenvalue weighted by Crippen LogP contribution is 2.68. The highest BCUT2D eigenvalue weighted by Gasteiger charge is 2.68. The summed E-state index contributed by atoms with van der Waals surface area (Å²) in [4.78, 5) is 0. The first-order valence-electron chi connectivity index (χ1n) is 10.0. The zero-order valence-electron chi connectivity index (χ0n) is 15.2. The number of fused-ring (bicyclic) bond motifs is 5. The number of nitrogens with two attached hydrogens (primary N) is 1. The Labute approximate surface area is 145 Å². The van der Waals surface area contributed by atoms with Gasteiger partial charge >= 0.3 is 0 Å². The lowest BCUT2D eigenvalue weighted by Gasteiger charge is -2.65. The van der Waals surface area contributed by atoms with Crippen LogP contribution in [0.15, 0.2) is 0 Å². The van der Waals surface area contributed by atoms with Crippen LogP contribution in [0.1, 0.15) is 65.2 Å². The van der Waals surface area contributed by atoms with Crippen LogP contribution in [0.2, 0.25) is 0 Å². The zero-order chi connectivity index (χ0) is 17.3. The summed E-state index contributed by atoms with van der Waals surface area (Å²) in [6.07, 6.45) is 7.26. The molecule has 5 N–H and O–H groups in total. The Bertz CT molecular complexity index is 513. The molecule has 0 aromatic heterocycles. The number of aliphatic hydroxyl groups is 3. The van der Waals surface area contributed by atoms with Crippen LogP contribution < -0.4 is 5.73 Å². The molecule has 4 fully saturated rings. The molecule has 4 heteroatoms. The second-order valence-corrected chi connectivity index (χ2v) is 9.91. The van der Waals surface area contributed by atoms with Gasteiger partial charge in [0.05, 0.1) is 12.2 Å². The van der Waals surface area contributed by atoms with Gasteiger partial charge in [0, 0.05) is 17.6 Å². The number of hydrogen-bond acceptors (Lipinski definition) is 4. The summed E-state index contributed by atoms with van der Waals surface area (Å²) in [5.74, 6) is 1.59. The van der Waals surface area contributed by atoms with Crippen LogP contribution in [-0.4, -0.2) is 39.7 Å². The van der Waals surface area contributed by atoms with Crippen LogP contribution in [0.5, 0.6) is 0 Å². The van der Waals surface area contributed by atoms with Crippen molar-refractivity contribution in [3.8, 4) is 0 Å². The van der Waals surface area contributed by atoms with Gasteiger partial charge in [0.25, 0.3) is 0 Å². The molecule has 4 aliphatic carbocycles. The van der Waals surface area contributed by atoms with Crippen LogP contribution in [0.4, 0.5) is 0 Å². The molecule has 138 valence electrons. The van der Waals surface area contributed by atoms with Gasteiger partial charge in [-0.05, 0) is 80.5 Å². The van der Waals surface area contributed by atoms with E-state index in [1.165, 1.54) is 0 Å². The molecule has 24 heavy (non-hydrogen) atoms. The van der Waals surface area contributed by atoms with E-state index in [0.717, 1.165) is 51.4 Å². The summed E-state index contributed by atoms with van der Waals surface area (Å²) in [7, 11) is 0. The molecule has 0 aromatic rings. The normalized spacial score (nSPS) is 60.2. The lowest BCUT2D eigenvalue weighted by molar-refractivity contribution is -0.182. The maximum Gasteiger partial charge on any atom is 0.0617 e.